The van der Waals surface area contributed by atoms with Crippen molar-refractivity contribution in [3.05, 3.63) is 63.1 Å². The van der Waals surface area contributed by atoms with E-state index in [2.05, 4.69) is 15.9 Å². The summed E-state index contributed by atoms with van der Waals surface area (Å²) in [6.45, 7) is 0. The van der Waals surface area contributed by atoms with E-state index in [0.29, 0.717) is 11.4 Å². The molecule has 0 fully saturated rings. The molecule has 0 N–H and O–H groups in total. The smallest absolute Gasteiger partial charge is 0.122 e. The molecule has 1 unspecified atom stereocenters. The fraction of sp³-hybridized carbons (Fsp3) is 0.200. The zero-order valence-corrected chi connectivity index (χ0v) is 13.5. The lowest BCUT2D eigenvalue weighted by atomic mass is 10.0. The molecule has 0 radical (unpaired) electrons. The molecule has 2 aromatic carbocycles. The van der Waals surface area contributed by atoms with Crippen LogP contribution >= 0.6 is 39.1 Å². The first-order valence-electron chi connectivity index (χ1n) is 5.82. The van der Waals surface area contributed by atoms with Crippen LogP contribution in [0, 0.1) is 0 Å². The Morgan fingerprint density at radius 1 is 1.21 bits per heavy atom. The molecule has 0 bridgehead atoms. The molecular formula is C15H13BrCl2O. The zero-order valence-electron chi connectivity index (χ0n) is 10.4. The number of methoxy groups -OCH3 is 1. The van der Waals surface area contributed by atoms with Gasteiger partial charge in [-0.1, -0.05) is 35.9 Å². The molecule has 1 nitrogen and oxygen atoms in total. The third-order valence-electron chi connectivity index (χ3n) is 2.90. The van der Waals surface area contributed by atoms with Crippen molar-refractivity contribution in [2.75, 3.05) is 7.11 Å². The number of hydrogen-bond acceptors (Lipinski definition) is 1. The fourth-order valence-corrected chi connectivity index (χ4v) is 2.71. The normalized spacial score (nSPS) is 12.2. The van der Waals surface area contributed by atoms with Crippen LogP contribution in [0.1, 0.15) is 16.5 Å². The van der Waals surface area contributed by atoms with E-state index in [0.717, 1.165) is 21.3 Å². The Bertz CT molecular complexity index is 572. The molecule has 0 aliphatic carbocycles. The molecule has 0 amide bonds. The average Bonchev–Trinajstić information content (AvgIpc) is 2.42. The van der Waals surface area contributed by atoms with Crippen LogP contribution in [0.15, 0.2) is 46.9 Å². The molecular weight excluding hydrogens is 347 g/mol. The Morgan fingerprint density at radius 3 is 2.63 bits per heavy atom. The Hall–Kier alpha value is -0.700. The second-order valence-corrected chi connectivity index (χ2v) is 5.95. The van der Waals surface area contributed by atoms with E-state index in [1.54, 1.807) is 7.11 Å². The van der Waals surface area contributed by atoms with Crippen LogP contribution < -0.4 is 4.74 Å². The molecule has 0 saturated carbocycles. The van der Waals surface area contributed by atoms with Gasteiger partial charge in [0.25, 0.3) is 0 Å². The molecule has 100 valence electrons. The molecule has 0 aliphatic heterocycles. The van der Waals surface area contributed by atoms with Crippen molar-refractivity contribution in [1.82, 2.24) is 0 Å². The van der Waals surface area contributed by atoms with E-state index >= 15 is 0 Å². The summed E-state index contributed by atoms with van der Waals surface area (Å²) in [7, 11) is 1.67. The van der Waals surface area contributed by atoms with Crippen molar-refractivity contribution in [3.8, 4) is 5.75 Å². The Labute approximate surface area is 131 Å². The van der Waals surface area contributed by atoms with Gasteiger partial charge in [0.05, 0.1) is 17.5 Å². The number of alkyl halides is 1. The van der Waals surface area contributed by atoms with Crippen LogP contribution in [0.5, 0.6) is 5.75 Å². The maximum Gasteiger partial charge on any atom is 0.122 e. The fourth-order valence-electron chi connectivity index (χ4n) is 1.89. The van der Waals surface area contributed by atoms with Gasteiger partial charge >= 0.3 is 0 Å². The zero-order chi connectivity index (χ0) is 13.8. The topological polar surface area (TPSA) is 9.23 Å². The lowest BCUT2D eigenvalue weighted by molar-refractivity contribution is 0.409. The first-order chi connectivity index (χ1) is 9.11. The molecule has 0 heterocycles. The Kier molecular flexibility index (Phi) is 5.14. The quantitative estimate of drug-likeness (QED) is 0.642. The molecule has 2 aromatic rings. The van der Waals surface area contributed by atoms with Crippen molar-refractivity contribution in [1.29, 1.82) is 0 Å². The maximum absolute atomic E-state index is 6.47. The molecule has 2 rings (SSSR count). The Balaban J connectivity index is 2.20. The highest BCUT2D eigenvalue weighted by Gasteiger charge is 2.13. The summed E-state index contributed by atoms with van der Waals surface area (Å²) < 4.78 is 6.19. The van der Waals surface area contributed by atoms with Gasteiger partial charge in [-0.3, -0.25) is 0 Å². The van der Waals surface area contributed by atoms with Gasteiger partial charge in [0, 0.05) is 4.47 Å². The number of halogens is 3. The summed E-state index contributed by atoms with van der Waals surface area (Å²) in [6, 6.07) is 13.6. The standard InChI is InChI=1S/C15H13BrCl2O/c1-19-15-5-3-2-4-11(15)9-14(18)10-6-7-13(17)12(16)8-10/h2-8,14H,9H2,1H3. The molecule has 0 aliphatic rings. The van der Waals surface area contributed by atoms with E-state index < -0.39 is 0 Å². The van der Waals surface area contributed by atoms with Crippen LogP contribution in [0.3, 0.4) is 0 Å². The van der Waals surface area contributed by atoms with Crippen molar-refractivity contribution in [2.24, 2.45) is 0 Å². The highest BCUT2D eigenvalue weighted by molar-refractivity contribution is 9.10. The molecule has 0 saturated heterocycles. The first kappa shape index (κ1) is 14.7. The van der Waals surface area contributed by atoms with E-state index in [1.807, 2.05) is 42.5 Å². The summed E-state index contributed by atoms with van der Waals surface area (Å²) in [5.41, 5.74) is 2.12. The van der Waals surface area contributed by atoms with Crippen LogP contribution in [0.4, 0.5) is 0 Å². The summed E-state index contributed by atoms with van der Waals surface area (Å²) in [4.78, 5) is 0. The number of hydrogen-bond donors (Lipinski definition) is 0. The minimum atomic E-state index is -0.120. The Morgan fingerprint density at radius 2 is 1.95 bits per heavy atom. The van der Waals surface area contributed by atoms with Crippen LogP contribution in [0.25, 0.3) is 0 Å². The van der Waals surface area contributed by atoms with Gasteiger partial charge in [0.1, 0.15) is 5.75 Å². The summed E-state index contributed by atoms with van der Waals surface area (Å²) in [6.07, 6.45) is 0.708. The van der Waals surface area contributed by atoms with Crippen molar-refractivity contribution in [2.45, 2.75) is 11.8 Å². The largest absolute Gasteiger partial charge is 0.496 e. The predicted octanol–water partition coefficient (Wildman–Crippen LogP) is 5.63. The third-order valence-corrected chi connectivity index (χ3v) is 4.52. The van der Waals surface area contributed by atoms with Gasteiger partial charge in [-0.05, 0) is 51.7 Å². The van der Waals surface area contributed by atoms with Crippen molar-refractivity contribution < 1.29 is 4.74 Å². The van der Waals surface area contributed by atoms with E-state index in [-0.39, 0.29) is 5.38 Å². The van der Waals surface area contributed by atoms with E-state index in [1.165, 1.54) is 0 Å². The number of para-hydroxylation sites is 1. The monoisotopic (exact) mass is 358 g/mol. The lowest BCUT2D eigenvalue weighted by Gasteiger charge is -2.13. The second kappa shape index (κ2) is 6.65. The number of benzene rings is 2. The van der Waals surface area contributed by atoms with Gasteiger partial charge in [-0.2, -0.15) is 0 Å². The maximum atomic E-state index is 6.47. The van der Waals surface area contributed by atoms with Crippen LogP contribution in [-0.2, 0) is 6.42 Å². The number of rotatable bonds is 4. The van der Waals surface area contributed by atoms with Gasteiger partial charge in [-0.25, -0.2) is 0 Å². The van der Waals surface area contributed by atoms with Crippen LogP contribution in [0.2, 0.25) is 5.02 Å². The molecule has 4 heteroatoms. The van der Waals surface area contributed by atoms with Crippen LogP contribution in [-0.4, -0.2) is 7.11 Å². The van der Waals surface area contributed by atoms with Gasteiger partial charge in [0.15, 0.2) is 0 Å². The second-order valence-electron chi connectivity index (χ2n) is 4.16. The molecule has 19 heavy (non-hydrogen) atoms. The third kappa shape index (κ3) is 3.65. The average molecular weight is 360 g/mol. The minimum Gasteiger partial charge on any atom is -0.496 e. The van der Waals surface area contributed by atoms with E-state index in [9.17, 15) is 0 Å². The molecule has 0 spiro atoms. The predicted molar refractivity (Wildman–Crippen MR) is 84.4 cm³/mol. The van der Waals surface area contributed by atoms with Crippen molar-refractivity contribution >= 4 is 39.1 Å². The van der Waals surface area contributed by atoms with E-state index in [4.69, 9.17) is 27.9 Å². The van der Waals surface area contributed by atoms with Gasteiger partial charge in [0.2, 0.25) is 0 Å². The van der Waals surface area contributed by atoms with Gasteiger partial charge < -0.3 is 4.74 Å². The molecule has 0 aromatic heterocycles. The van der Waals surface area contributed by atoms with Gasteiger partial charge in [-0.15, -0.1) is 11.6 Å². The summed E-state index contributed by atoms with van der Waals surface area (Å²) in [5, 5.41) is 0.565. The SMILES string of the molecule is COc1ccccc1CC(Cl)c1ccc(Cl)c(Br)c1. The molecule has 1 atom stereocenters. The number of ether oxygens (including phenoxy) is 1. The highest BCUT2D eigenvalue weighted by atomic mass is 79.9. The minimum absolute atomic E-state index is 0.120. The summed E-state index contributed by atoms with van der Waals surface area (Å²) in [5.74, 6) is 0.862. The summed E-state index contributed by atoms with van der Waals surface area (Å²) >= 11 is 15.9. The first-order valence-corrected chi connectivity index (χ1v) is 7.43. The van der Waals surface area contributed by atoms with Crippen molar-refractivity contribution in [3.63, 3.8) is 0 Å². The lowest BCUT2D eigenvalue weighted by Crippen LogP contribution is -1.98. The highest BCUT2D eigenvalue weighted by Crippen LogP contribution is 2.32.